The van der Waals surface area contributed by atoms with Crippen molar-refractivity contribution in [2.24, 2.45) is 0 Å². The first-order valence-electron chi connectivity index (χ1n) is 15.2. The Bertz CT molecular complexity index is 1550. The van der Waals surface area contributed by atoms with Gasteiger partial charge in [0.25, 0.3) is 0 Å². The molecule has 0 amide bonds. The van der Waals surface area contributed by atoms with Gasteiger partial charge in [0.1, 0.15) is 23.3 Å². The van der Waals surface area contributed by atoms with E-state index < -0.39 is 5.41 Å². The van der Waals surface area contributed by atoms with Crippen LogP contribution in [0.5, 0.6) is 11.8 Å². The van der Waals surface area contributed by atoms with E-state index in [2.05, 4.69) is 49.3 Å². The molecule has 11 heteroatoms. The van der Waals surface area contributed by atoms with Gasteiger partial charge in [0, 0.05) is 23.0 Å². The number of fused-ring (bicyclic) bond motifs is 4. The highest BCUT2D eigenvalue weighted by Gasteiger charge is 2.49. The van der Waals surface area contributed by atoms with E-state index in [-0.39, 0.29) is 17.7 Å². The molecule has 2 aliphatic heterocycles. The minimum atomic E-state index is -0.401. The van der Waals surface area contributed by atoms with Crippen molar-refractivity contribution in [3.05, 3.63) is 33.4 Å². The molecule has 3 aromatic heterocycles. The zero-order valence-corrected chi connectivity index (χ0v) is 25.6. The van der Waals surface area contributed by atoms with Crippen LogP contribution in [0.4, 0.5) is 5.00 Å². The third-order valence-electron chi connectivity index (χ3n) is 9.99. The van der Waals surface area contributed by atoms with Gasteiger partial charge in [0.15, 0.2) is 17.3 Å². The minimum Gasteiger partial charge on any atom is -0.473 e. The smallest absolute Gasteiger partial charge is 0.221 e. The average Bonchev–Trinajstić information content (AvgIpc) is 3.68. The topological polar surface area (TPSA) is 135 Å². The number of aromatic nitrogens is 3. The number of nitriles is 1. The fourth-order valence-corrected chi connectivity index (χ4v) is 8.73. The molecule has 4 aliphatic rings. The van der Waals surface area contributed by atoms with Crippen LogP contribution in [0, 0.1) is 11.3 Å². The van der Waals surface area contributed by atoms with Crippen LogP contribution in [0.15, 0.2) is 10.6 Å². The number of nitrogen functional groups attached to an aromatic ring is 1. The van der Waals surface area contributed by atoms with Crippen molar-refractivity contribution in [3.8, 4) is 29.3 Å². The Kier molecular flexibility index (Phi) is 6.72. The van der Waals surface area contributed by atoms with Crippen LogP contribution in [0.25, 0.3) is 11.5 Å². The van der Waals surface area contributed by atoms with Gasteiger partial charge in [-0.2, -0.15) is 15.2 Å². The number of rotatable bonds is 6. The first-order chi connectivity index (χ1) is 20.2. The highest BCUT2D eigenvalue weighted by atomic mass is 32.1. The fourth-order valence-electron chi connectivity index (χ4n) is 7.57. The van der Waals surface area contributed by atoms with Crippen molar-refractivity contribution >= 4 is 16.3 Å². The van der Waals surface area contributed by atoms with Gasteiger partial charge in [-0.3, -0.25) is 4.90 Å². The van der Waals surface area contributed by atoms with E-state index in [1.165, 1.54) is 11.3 Å². The molecule has 3 aromatic rings. The summed E-state index contributed by atoms with van der Waals surface area (Å²) in [6.45, 7) is 8.17. The minimum absolute atomic E-state index is 0.0184. The van der Waals surface area contributed by atoms with Crippen molar-refractivity contribution in [1.29, 1.82) is 5.26 Å². The van der Waals surface area contributed by atoms with Crippen molar-refractivity contribution in [1.82, 2.24) is 25.3 Å². The summed E-state index contributed by atoms with van der Waals surface area (Å²) in [5.41, 5.74) is 9.09. The molecule has 2 saturated heterocycles. The number of ether oxygens (including phenoxy) is 2. The van der Waals surface area contributed by atoms with Gasteiger partial charge in [-0.25, -0.2) is 0 Å². The predicted octanol–water partition coefficient (Wildman–Crippen LogP) is 4.60. The summed E-state index contributed by atoms with van der Waals surface area (Å²) in [5.74, 6) is 2.23. The Balaban J connectivity index is 1.29. The lowest BCUT2D eigenvalue weighted by molar-refractivity contribution is 0.0261. The number of thiophene rings is 1. The van der Waals surface area contributed by atoms with Crippen LogP contribution in [-0.4, -0.2) is 64.0 Å². The molecule has 42 heavy (non-hydrogen) atoms. The normalized spacial score (nSPS) is 27.1. The summed E-state index contributed by atoms with van der Waals surface area (Å²) in [5, 5.41) is 18.7. The van der Waals surface area contributed by atoms with Gasteiger partial charge in [0.05, 0.1) is 22.6 Å². The summed E-state index contributed by atoms with van der Waals surface area (Å²) in [7, 11) is 2.15. The number of likely N-dealkylation sites (N-methyl/N-ethyl adjacent to an activating group) is 1. The van der Waals surface area contributed by atoms with Gasteiger partial charge in [0.2, 0.25) is 11.8 Å². The third-order valence-corrected chi connectivity index (χ3v) is 11.1. The zero-order chi connectivity index (χ0) is 29.2. The Hall–Kier alpha value is -3.20. The Labute approximate surface area is 250 Å². The van der Waals surface area contributed by atoms with E-state index in [0.29, 0.717) is 39.9 Å². The van der Waals surface area contributed by atoms with E-state index in [0.717, 1.165) is 74.9 Å². The van der Waals surface area contributed by atoms with Crippen LogP contribution >= 0.6 is 11.3 Å². The average molecular weight is 590 g/mol. The molecular weight excluding hydrogens is 550 g/mol. The highest BCUT2D eigenvalue weighted by molar-refractivity contribution is 7.16. The van der Waals surface area contributed by atoms with Gasteiger partial charge in [-0.1, -0.05) is 5.16 Å². The predicted molar refractivity (Wildman–Crippen MR) is 160 cm³/mol. The largest absolute Gasteiger partial charge is 0.473 e. The molecule has 5 heterocycles. The Morgan fingerprint density at radius 1 is 1.21 bits per heavy atom. The molecule has 0 radical (unpaired) electrons. The lowest BCUT2D eigenvalue weighted by atomic mass is 9.63. The van der Waals surface area contributed by atoms with Crippen LogP contribution in [0.1, 0.15) is 86.6 Å². The molecule has 0 unspecified atom stereocenters. The zero-order valence-electron chi connectivity index (χ0n) is 24.8. The molecule has 2 aliphatic carbocycles. The van der Waals surface area contributed by atoms with Crippen molar-refractivity contribution < 1.29 is 14.0 Å². The molecule has 2 fully saturated rings. The number of hydrogen-bond acceptors (Lipinski definition) is 11. The van der Waals surface area contributed by atoms with E-state index >= 15 is 0 Å². The summed E-state index contributed by atoms with van der Waals surface area (Å²) in [4.78, 5) is 13.3. The van der Waals surface area contributed by atoms with E-state index in [1.807, 2.05) is 0 Å². The quantitative estimate of drug-likeness (QED) is 0.420. The number of aryl methyl sites for hydroxylation is 1. The van der Waals surface area contributed by atoms with Gasteiger partial charge >= 0.3 is 0 Å². The number of hydrogen-bond donors (Lipinski definition) is 2. The molecule has 0 saturated carbocycles. The summed E-state index contributed by atoms with van der Waals surface area (Å²) in [6, 6.07) is 4.53. The molecule has 3 N–H and O–H groups in total. The molecule has 7 rings (SSSR count). The molecule has 0 bridgehead atoms. The number of anilines is 1. The molecule has 10 nitrogen and oxygen atoms in total. The summed E-state index contributed by atoms with van der Waals surface area (Å²) in [6.07, 6.45) is 7.72. The van der Waals surface area contributed by atoms with Crippen LogP contribution in [-0.2, 0) is 18.3 Å². The fraction of sp³-hybridized carbons (Fsp3) is 0.613. The second-order valence-electron chi connectivity index (χ2n) is 13.0. The molecule has 1 spiro atoms. The van der Waals surface area contributed by atoms with E-state index in [4.69, 9.17) is 29.7 Å². The maximum absolute atomic E-state index is 10.0. The second-order valence-corrected chi connectivity index (χ2v) is 14.1. The standard InChI is InChI=1S/C31H39N7O3S/c1-17(20-9-7-13-38(20)4)39-23-14-24(40-22-16-34-30(22,2)3)36-29(35-23)26-18-8-5-11-31(27(18)41-37-26)12-6-10-21-25(31)19(15-32)28(33)42-21/h14,17,20,22,34H,5-13,16,33H2,1-4H3/t17-,20-,22+,31-/m0/s1. The molecule has 4 atom stereocenters. The number of nitrogens with one attached hydrogen (secondary N) is 1. The lowest BCUT2D eigenvalue weighted by Gasteiger charge is -2.44. The first kappa shape index (κ1) is 27.6. The third kappa shape index (κ3) is 4.38. The van der Waals surface area contributed by atoms with Gasteiger partial charge in [-0.15, -0.1) is 11.3 Å². The van der Waals surface area contributed by atoms with Crippen molar-refractivity contribution in [2.45, 2.75) is 101 Å². The van der Waals surface area contributed by atoms with Gasteiger partial charge in [-0.05, 0) is 91.3 Å². The maximum atomic E-state index is 10.0. The highest BCUT2D eigenvalue weighted by Crippen LogP contribution is 2.55. The SMILES string of the molecule is C[C@H](Oc1cc(O[C@@H]2CNC2(C)C)nc(-c2noc3c2CCC[C@@]32CCCc3sc(N)c(C#N)c32)n1)[C@@H]1CCCN1C. The monoisotopic (exact) mass is 589 g/mol. The van der Waals surface area contributed by atoms with Gasteiger partial charge < -0.3 is 25.0 Å². The first-order valence-corrected chi connectivity index (χ1v) is 16.0. The van der Waals surface area contributed by atoms with Crippen LogP contribution in [0.2, 0.25) is 0 Å². The Morgan fingerprint density at radius 3 is 2.69 bits per heavy atom. The Morgan fingerprint density at radius 2 is 2.00 bits per heavy atom. The van der Waals surface area contributed by atoms with Crippen molar-refractivity contribution in [2.75, 3.05) is 25.9 Å². The molecular formula is C31H39N7O3S. The number of nitrogens with zero attached hydrogens (tertiary/aromatic N) is 5. The second kappa shape index (κ2) is 10.2. The number of likely N-dealkylation sites (tertiary alicyclic amines) is 1. The van der Waals surface area contributed by atoms with Crippen molar-refractivity contribution in [3.63, 3.8) is 0 Å². The molecule has 222 valence electrons. The summed E-state index contributed by atoms with van der Waals surface area (Å²) < 4.78 is 19.1. The number of nitrogens with two attached hydrogens (primary N) is 1. The van der Waals surface area contributed by atoms with E-state index in [1.54, 1.807) is 17.4 Å². The lowest BCUT2D eigenvalue weighted by Crippen LogP contribution is -2.67. The molecule has 0 aromatic carbocycles. The van der Waals surface area contributed by atoms with Crippen LogP contribution in [0.3, 0.4) is 0 Å². The summed E-state index contributed by atoms with van der Waals surface area (Å²) >= 11 is 1.55. The van der Waals surface area contributed by atoms with E-state index in [9.17, 15) is 5.26 Å². The maximum Gasteiger partial charge on any atom is 0.221 e. The van der Waals surface area contributed by atoms with Crippen LogP contribution < -0.4 is 20.5 Å².